The minimum absolute atomic E-state index is 0.128. The van der Waals surface area contributed by atoms with Gasteiger partial charge in [0.15, 0.2) is 0 Å². The Morgan fingerprint density at radius 1 is 1.06 bits per heavy atom. The first-order chi connectivity index (χ1) is 15.2. The molecule has 1 aliphatic rings. The second-order valence-corrected chi connectivity index (χ2v) is 8.64. The van der Waals surface area contributed by atoms with Gasteiger partial charge in [-0.15, -0.1) is 10.2 Å². The summed E-state index contributed by atoms with van der Waals surface area (Å²) in [6.07, 6.45) is 11.2. The number of halogens is 1. The second-order valence-electron chi connectivity index (χ2n) is 8.64. The maximum absolute atomic E-state index is 13.4. The highest BCUT2D eigenvalue weighted by Gasteiger charge is 2.21. The number of hydrogen-bond acceptors (Lipinski definition) is 3. The van der Waals surface area contributed by atoms with Gasteiger partial charge in [0.1, 0.15) is 18.5 Å². The summed E-state index contributed by atoms with van der Waals surface area (Å²) < 4.78 is 15.3. The molecule has 1 N–H and O–H groups in total. The Morgan fingerprint density at radius 3 is 2.84 bits per heavy atom. The minimum Gasteiger partial charge on any atom is -0.361 e. The van der Waals surface area contributed by atoms with Crippen molar-refractivity contribution in [2.45, 2.75) is 32.1 Å². The average Bonchev–Trinajstić information content (AvgIpc) is 3.54. The van der Waals surface area contributed by atoms with Crippen LogP contribution in [0.2, 0.25) is 0 Å². The van der Waals surface area contributed by atoms with Gasteiger partial charge < -0.3 is 9.88 Å². The molecular formula is C25H28FN5. The van der Waals surface area contributed by atoms with E-state index in [2.05, 4.69) is 44.5 Å². The van der Waals surface area contributed by atoms with Crippen molar-refractivity contribution in [3.63, 3.8) is 0 Å². The lowest BCUT2D eigenvalue weighted by Crippen LogP contribution is -2.22. The van der Waals surface area contributed by atoms with Crippen LogP contribution in [0.5, 0.6) is 0 Å². The van der Waals surface area contributed by atoms with E-state index in [0.717, 1.165) is 49.4 Å². The highest BCUT2D eigenvalue weighted by atomic mass is 19.1. The Balaban J connectivity index is 1.12. The van der Waals surface area contributed by atoms with Crippen molar-refractivity contribution in [1.82, 2.24) is 24.6 Å². The van der Waals surface area contributed by atoms with E-state index in [1.54, 1.807) is 18.7 Å². The van der Waals surface area contributed by atoms with Gasteiger partial charge in [0.05, 0.1) is 0 Å². The van der Waals surface area contributed by atoms with E-state index in [1.807, 2.05) is 16.7 Å². The molecule has 160 valence electrons. The zero-order valence-corrected chi connectivity index (χ0v) is 17.7. The van der Waals surface area contributed by atoms with Gasteiger partial charge in [0.2, 0.25) is 0 Å². The second kappa shape index (κ2) is 9.02. The molecule has 1 unspecified atom stereocenters. The first-order valence-electron chi connectivity index (χ1n) is 11.2. The zero-order valence-electron chi connectivity index (χ0n) is 17.7. The van der Waals surface area contributed by atoms with Gasteiger partial charge in [0.25, 0.3) is 0 Å². The molecular weight excluding hydrogens is 389 g/mol. The number of rotatable bonds is 8. The maximum atomic E-state index is 13.4. The van der Waals surface area contributed by atoms with Crippen LogP contribution in [0, 0.1) is 11.7 Å². The lowest BCUT2D eigenvalue weighted by Gasteiger charge is -2.16. The third kappa shape index (κ3) is 4.69. The fourth-order valence-corrected chi connectivity index (χ4v) is 4.78. The number of fused-ring (bicyclic) bond motifs is 1. The summed E-state index contributed by atoms with van der Waals surface area (Å²) in [6.45, 7) is 3.48. The fraction of sp³-hybridized carbons (Fsp3) is 0.360. The molecule has 1 atom stereocenters. The van der Waals surface area contributed by atoms with Crippen molar-refractivity contribution < 1.29 is 4.39 Å². The van der Waals surface area contributed by atoms with Crippen molar-refractivity contribution in [3.05, 3.63) is 78.3 Å². The average molecular weight is 418 g/mol. The summed E-state index contributed by atoms with van der Waals surface area (Å²) in [5.74, 6) is 0.597. The summed E-state index contributed by atoms with van der Waals surface area (Å²) in [5, 5.41) is 9.09. The quantitative estimate of drug-likeness (QED) is 0.449. The summed E-state index contributed by atoms with van der Waals surface area (Å²) in [7, 11) is 0. The molecule has 3 heterocycles. The van der Waals surface area contributed by atoms with E-state index >= 15 is 0 Å². The summed E-state index contributed by atoms with van der Waals surface area (Å²) in [5.41, 5.74) is 4.74. The normalized spacial score (nSPS) is 17.0. The molecule has 5 rings (SSSR count). The maximum Gasteiger partial charge on any atom is 0.123 e. The number of aromatic amines is 1. The fourth-order valence-electron chi connectivity index (χ4n) is 4.78. The molecule has 2 aromatic carbocycles. The lowest BCUT2D eigenvalue weighted by atomic mass is 9.99. The third-order valence-electron chi connectivity index (χ3n) is 6.49. The van der Waals surface area contributed by atoms with Crippen molar-refractivity contribution in [2.75, 3.05) is 19.6 Å². The zero-order chi connectivity index (χ0) is 21.0. The summed E-state index contributed by atoms with van der Waals surface area (Å²) >= 11 is 0. The van der Waals surface area contributed by atoms with Gasteiger partial charge in [0, 0.05) is 29.3 Å². The van der Waals surface area contributed by atoms with E-state index in [4.69, 9.17) is 0 Å². The molecule has 0 spiro atoms. The van der Waals surface area contributed by atoms with Gasteiger partial charge in [-0.05, 0) is 92.6 Å². The Morgan fingerprint density at radius 2 is 1.97 bits per heavy atom. The molecule has 0 bridgehead atoms. The number of hydrogen-bond donors (Lipinski definition) is 1. The first-order valence-corrected chi connectivity index (χ1v) is 11.2. The number of aryl methyl sites for hydroxylation is 2. The number of nitrogens with one attached hydrogen (secondary N) is 1. The van der Waals surface area contributed by atoms with E-state index in [1.165, 1.54) is 42.0 Å². The van der Waals surface area contributed by atoms with Crippen LogP contribution in [0.3, 0.4) is 0 Å². The molecule has 1 aliphatic heterocycles. The molecule has 4 aromatic rings. The third-order valence-corrected chi connectivity index (χ3v) is 6.49. The van der Waals surface area contributed by atoms with Crippen LogP contribution in [0.1, 0.15) is 30.4 Å². The molecule has 0 amide bonds. The van der Waals surface area contributed by atoms with E-state index in [-0.39, 0.29) is 5.82 Å². The Hall–Kier alpha value is -2.99. The SMILES string of the molecule is Fc1cccc(CCC2CCN(CCCc3c[nH]c4ccc(-n5cnnc5)cc34)C2)c1. The van der Waals surface area contributed by atoms with Crippen LogP contribution in [0.4, 0.5) is 4.39 Å². The van der Waals surface area contributed by atoms with E-state index in [9.17, 15) is 4.39 Å². The van der Waals surface area contributed by atoms with Crippen LogP contribution in [-0.4, -0.2) is 44.3 Å². The molecule has 31 heavy (non-hydrogen) atoms. The predicted octanol–water partition coefficient (Wildman–Crippen LogP) is 4.78. The van der Waals surface area contributed by atoms with Crippen LogP contribution < -0.4 is 0 Å². The molecule has 1 fully saturated rings. The number of H-pyrrole nitrogens is 1. The molecule has 5 nitrogen and oxygen atoms in total. The Kier molecular flexibility index (Phi) is 5.80. The van der Waals surface area contributed by atoms with Crippen molar-refractivity contribution in [2.24, 2.45) is 5.92 Å². The monoisotopic (exact) mass is 417 g/mol. The highest BCUT2D eigenvalue weighted by molar-refractivity contribution is 5.85. The Bertz CT molecular complexity index is 1130. The molecule has 0 radical (unpaired) electrons. The lowest BCUT2D eigenvalue weighted by molar-refractivity contribution is 0.317. The topological polar surface area (TPSA) is 49.7 Å². The number of aromatic nitrogens is 4. The predicted molar refractivity (Wildman–Crippen MR) is 121 cm³/mol. The standard InChI is InChI=1S/C25H28FN5/c26-22-5-1-3-19(13-22)6-7-20-10-12-30(16-20)11-2-4-21-15-27-25-9-8-23(14-24(21)25)31-17-28-29-18-31/h1,3,5,8-9,13-15,17-18,20,27H,2,4,6-7,10-12,16H2. The van der Waals surface area contributed by atoms with Gasteiger partial charge in [-0.1, -0.05) is 12.1 Å². The minimum atomic E-state index is -0.128. The van der Waals surface area contributed by atoms with Gasteiger partial charge in [-0.25, -0.2) is 4.39 Å². The molecule has 6 heteroatoms. The van der Waals surface area contributed by atoms with Gasteiger partial charge in [-0.2, -0.15) is 0 Å². The van der Waals surface area contributed by atoms with Gasteiger partial charge >= 0.3 is 0 Å². The Labute approximate surface area is 181 Å². The molecule has 0 saturated carbocycles. The number of benzene rings is 2. The molecule has 1 saturated heterocycles. The van der Waals surface area contributed by atoms with Crippen LogP contribution in [-0.2, 0) is 12.8 Å². The van der Waals surface area contributed by atoms with Crippen molar-refractivity contribution in [1.29, 1.82) is 0 Å². The summed E-state index contributed by atoms with van der Waals surface area (Å²) in [6, 6.07) is 13.4. The number of nitrogens with zero attached hydrogens (tertiary/aromatic N) is 4. The number of likely N-dealkylation sites (tertiary alicyclic amines) is 1. The van der Waals surface area contributed by atoms with Crippen LogP contribution in [0.15, 0.2) is 61.3 Å². The van der Waals surface area contributed by atoms with Gasteiger partial charge in [-0.3, -0.25) is 4.57 Å². The highest BCUT2D eigenvalue weighted by Crippen LogP contribution is 2.25. The molecule has 2 aromatic heterocycles. The first kappa shape index (κ1) is 19.9. The van der Waals surface area contributed by atoms with Crippen molar-refractivity contribution >= 4 is 10.9 Å². The van der Waals surface area contributed by atoms with Crippen LogP contribution >= 0.6 is 0 Å². The smallest absolute Gasteiger partial charge is 0.123 e. The van der Waals surface area contributed by atoms with E-state index < -0.39 is 0 Å². The largest absolute Gasteiger partial charge is 0.361 e. The molecule has 0 aliphatic carbocycles. The van der Waals surface area contributed by atoms with Crippen molar-refractivity contribution in [3.8, 4) is 5.69 Å². The summed E-state index contributed by atoms with van der Waals surface area (Å²) in [4.78, 5) is 5.99. The van der Waals surface area contributed by atoms with E-state index in [0.29, 0.717) is 0 Å². The van der Waals surface area contributed by atoms with Crippen LogP contribution in [0.25, 0.3) is 16.6 Å².